The summed E-state index contributed by atoms with van der Waals surface area (Å²) in [5.74, 6) is 0. The molecule has 4 nitrogen and oxygen atoms in total. The van der Waals surface area contributed by atoms with Crippen LogP contribution in [0.3, 0.4) is 0 Å². The second kappa shape index (κ2) is 4.47. The Morgan fingerprint density at radius 1 is 1.73 bits per heavy atom. The maximum Gasteiger partial charge on any atom is 0.187 e. The standard InChI is InChI=1S/C9H11ClN2O2S/c10-8-7(5-14)15-9(11-8)12-3-1-2-6(12)4-13/h5-6,13H,1-4H2/t6-/m0/s1. The fourth-order valence-corrected chi connectivity index (χ4v) is 2.93. The van der Waals surface area contributed by atoms with Gasteiger partial charge in [-0.15, -0.1) is 0 Å². The minimum Gasteiger partial charge on any atom is -0.394 e. The van der Waals surface area contributed by atoms with Gasteiger partial charge in [-0.1, -0.05) is 22.9 Å². The molecular formula is C9H11ClN2O2S. The van der Waals surface area contributed by atoms with Crippen LogP contribution in [0.4, 0.5) is 5.13 Å². The first-order valence-electron chi connectivity index (χ1n) is 4.75. The zero-order chi connectivity index (χ0) is 10.8. The van der Waals surface area contributed by atoms with E-state index >= 15 is 0 Å². The number of hydrogen-bond donors (Lipinski definition) is 1. The topological polar surface area (TPSA) is 53.4 Å². The van der Waals surface area contributed by atoms with E-state index in [4.69, 9.17) is 16.7 Å². The van der Waals surface area contributed by atoms with Gasteiger partial charge in [0, 0.05) is 6.54 Å². The Hall–Kier alpha value is -0.650. The number of aliphatic hydroxyl groups excluding tert-OH is 1. The maximum atomic E-state index is 10.6. The number of thiazole rings is 1. The molecule has 2 rings (SSSR count). The first-order valence-corrected chi connectivity index (χ1v) is 5.94. The van der Waals surface area contributed by atoms with E-state index in [1.807, 2.05) is 4.90 Å². The van der Waals surface area contributed by atoms with Crippen molar-refractivity contribution in [2.75, 3.05) is 18.1 Å². The van der Waals surface area contributed by atoms with Crippen LogP contribution in [-0.4, -0.2) is 35.6 Å². The third kappa shape index (κ3) is 2.00. The number of aliphatic hydroxyl groups is 1. The molecule has 0 unspecified atom stereocenters. The summed E-state index contributed by atoms with van der Waals surface area (Å²) in [6, 6.07) is 0.117. The van der Waals surface area contributed by atoms with Gasteiger partial charge in [0.15, 0.2) is 16.6 Å². The minimum absolute atomic E-state index is 0.117. The number of hydrogen-bond acceptors (Lipinski definition) is 5. The average molecular weight is 247 g/mol. The Morgan fingerprint density at radius 2 is 2.53 bits per heavy atom. The summed E-state index contributed by atoms with van der Waals surface area (Å²) in [5.41, 5.74) is 0. The fourth-order valence-electron chi connectivity index (χ4n) is 1.78. The Bertz CT molecular complexity index is 369. The van der Waals surface area contributed by atoms with Gasteiger partial charge in [-0.25, -0.2) is 4.98 Å². The van der Waals surface area contributed by atoms with Crippen LogP contribution < -0.4 is 4.90 Å². The number of anilines is 1. The van der Waals surface area contributed by atoms with Crippen molar-refractivity contribution in [2.24, 2.45) is 0 Å². The van der Waals surface area contributed by atoms with Crippen LogP contribution in [0.25, 0.3) is 0 Å². The van der Waals surface area contributed by atoms with Gasteiger partial charge in [0.1, 0.15) is 4.88 Å². The summed E-state index contributed by atoms with van der Waals surface area (Å²) < 4.78 is 0. The molecule has 1 aromatic rings. The molecule has 15 heavy (non-hydrogen) atoms. The van der Waals surface area contributed by atoms with Gasteiger partial charge < -0.3 is 10.0 Å². The number of carbonyl (C=O) groups excluding carboxylic acids is 1. The van der Waals surface area contributed by atoms with Crippen LogP contribution in [0.1, 0.15) is 22.5 Å². The molecule has 0 amide bonds. The quantitative estimate of drug-likeness (QED) is 0.823. The zero-order valence-corrected chi connectivity index (χ0v) is 9.59. The summed E-state index contributed by atoms with van der Waals surface area (Å²) in [6.07, 6.45) is 2.72. The molecule has 1 N–H and O–H groups in total. The molecule has 1 aliphatic heterocycles. The highest BCUT2D eigenvalue weighted by Gasteiger charge is 2.27. The summed E-state index contributed by atoms with van der Waals surface area (Å²) in [4.78, 5) is 17.2. The summed E-state index contributed by atoms with van der Waals surface area (Å²) >= 11 is 7.07. The number of aldehydes is 1. The Morgan fingerprint density at radius 3 is 3.13 bits per heavy atom. The summed E-state index contributed by atoms with van der Waals surface area (Å²) in [7, 11) is 0. The molecule has 2 heterocycles. The lowest BCUT2D eigenvalue weighted by atomic mass is 10.2. The van der Waals surface area contributed by atoms with E-state index in [1.165, 1.54) is 11.3 Å². The lowest BCUT2D eigenvalue weighted by molar-refractivity contribution is 0.112. The highest BCUT2D eigenvalue weighted by atomic mass is 35.5. The third-order valence-corrected chi connectivity index (χ3v) is 3.96. The fraction of sp³-hybridized carbons (Fsp3) is 0.556. The summed E-state index contributed by atoms with van der Waals surface area (Å²) in [5, 5.41) is 10.2. The van der Waals surface area contributed by atoms with Crippen molar-refractivity contribution in [2.45, 2.75) is 18.9 Å². The van der Waals surface area contributed by atoms with Gasteiger partial charge in [0.25, 0.3) is 0 Å². The lowest BCUT2D eigenvalue weighted by Crippen LogP contribution is -2.31. The first-order chi connectivity index (χ1) is 7.26. The molecule has 0 aliphatic carbocycles. The Kier molecular flexibility index (Phi) is 3.23. The predicted molar refractivity (Wildman–Crippen MR) is 60.0 cm³/mol. The monoisotopic (exact) mass is 246 g/mol. The van der Waals surface area contributed by atoms with Gasteiger partial charge in [-0.3, -0.25) is 4.79 Å². The average Bonchev–Trinajstić information content (AvgIpc) is 2.82. The highest BCUT2D eigenvalue weighted by molar-refractivity contribution is 7.17. The molecule has 0 aromatic carbocycles. The molecule has 0 radical (unpaired) electrons. The molecule has 0 bridgehead atoms. The number of aromatic nitrogens is 1. The largest absolute Gasteiger partial charge is 0.394 e. The van der Waals surface area contributed by atoms with Crippen molar-refractivity contribution in [1.29, 1.82) is 0 Å². The molecule has 1 aliphatic rings. The van der Waals surface area contributed by atoms with Crippen molar-refractivity contribution < 1.29 is 9.90 Å². The van der Waals surface area contributed by atoms with Gasteiger partial charge in [0.05, 0.1) is 12.6 Å². The van der Waals surface area contributed by atoms with Crippen LogP contribution in [0.5, 0.6) is 0 Å². The van der Waals surface area contributed by atoms with Crippen molar-refractivity contribution in [3.05, 3.63) is 10.0 Å². The lowest BCUT2D eigenvalue weighted by Gasteiger charge is -2.21. The van der Waals surface area contributed by atoms with Gasteiger partial charge in [-0.05, 0) is 12.8 Å². The van der Waals surface area contributed by atoms with E-state index in [2.05, 4.69) is 4.98 Å². The SMILES string of the molecule is O=Cc1sc(N2CCC[C@H]2CO)nc1Cl. The predicted octanol–water partition coefficient (Wildman–Crippen LogP) is 1.57. The molecule has 1 atom stereocenters. The first kappa shape index (κ1) is 10.9. The van der Waals surface area contributed by atoms with Crippen LogP contribution >= 0.6 is 22.9 Å². The van der Waals surface area contributed by atoms with Crippen molar-refractivity contribution in [3.63, 3.8) is 0 Å². The zero-order valence-electron chi connectivity index (χ0n) is 8.02. The van der Waals surface area contributed by atoms with Gasteiger partial charge >= 0.3 is 0 Å². The second-order valence-corrected chi connectivity index (χ2v) is 4.81. The van der Waals surface area contributed by atoms with E-state index in [9.17, 15) is 4.79 Å². The van der Waals surface area contributed by atoms with E-state index in [1.54, 1.807) is 0 Å². The number of nitrogens with zero attached hydrogens (tertiary/aromatic N) is 2. The van der Waals surface area contributed by atoms with Crippen LogP contribution in [-0.2, 0) is 0 Å². The molecule has 1 saturated heterocycles. The molecular weight excluding hydrogens is 236 g/mol. The molecule has 82 valence electrons. The van der Waals surface area contributed by atoms with Crippen molar-refractivity contribution in [3.8, 4) is 0 Å². The third-order valence-electron chi connectivity index (χ3n) is 2.54. The maximum absolute atomic E-state index is 10.6. The Balaban J connectivity index is 2.24. The van der Waals surface area contributed by atoms with E-state index < -0.39 is 0 Å². The molecule has 0 spiro atoms. The molecule has 1 fully saturated rings. The smallest absolute Gasteiger partial charge is 0.187 e. The molecule has 1 aromatic heterocycles. The normalized spacial score (nSPS) is 20.9. The number of halogens is 1. The Labute approximate surface area is 96.5 Å². The summed E-state index contributed by atoms with van der Waals surface area (Å²) in [6.45, 7) is 0.987. The minimum atomic E-state index is 0.117. The number of rotatable bonds is 3. The van der Waals surface area contributed by atoms with Crippen LogP contribution in [0.2, 0.25) is 5.15 Å². The van der Waals surface area contributed by atoms with Gasteiger partial charge in [0.2, 0.25) is 0 Å². The number of carbonyl (C=O) groups is 1. The van der Waals surface area contributed by atoms with Crippen molar-refractivity contribution >= 4 is 34.4 Å². The molecule has 0 saturated carbocycles. The van der Waals surface area contributed by atoms with Gasteiger partial charge in [-0.2, -0.15) is 0 Å². The molecule has 6 heteroatoms. The highest BCUT2D eigenvalue weighted by Crippen LogP contribution is 2.32. The van der Waals surface area contributed by atoms with Crippen LogP contribution in [0, 0.1) is 0 Å². The van der Waals surface area contributed by atoms with E-state index in [0.717, 1.165) is 24.5 Å². The van der Waals surface area contributed by atoms with Crippen molar-refractivity contribution in [1.82, 2.24) is 4.98 Å². The van der Waals surface area contributed by atoms with Crippen LogP contribution in [0.15, 0.2) is 0 Å². The van der Waals surface area contributed by atoms with E-state index in [-0.39, 0.29) is 17.8 Å². The second-order valence-electron chi connectivity index (χ2n) is 3.44. The van der Waals surface area contributed by atoms with E-state index in [0.29, 0.717) is 11.2 Å².